The zero-order chi connectivity index (χ0) is 12.8. The van der Waals surface area contributed by atoms with Gasteiger partial charge in [-0.3, -0.25) is 4.79 Å². The summed E-state index contributed by atoms with van der Waals surface area (Å²) in [5.41, 5.74) is 0.705. The molecule has 4 nitrogen and oxygen atoms in total. The molecule has 0 fully saturated rings. The lowest BCUT2D eigenvalue weighted by Gasteiger charge is -2.11. The largest absolute Gasteiger partial charge is 0.492 e. The lowest BCUT2D eigenvalue weighted by Crippen LogP contribution is -2.18. The quantitative estimate of drug-likeness (QED) is 0.878. The zero-order valence-corrected chi connectivity index (χ0v) is 10.3. The third-order valence-electron chi connectivity index (χ3n) is 2.45. The van der Waals surface area contributed by atoms with Crippen molar-refractivity contribution < 1.29 is 9.53 Å². The highest BCUT2D eigenvalue weighted by Gasteiger charge is 2.07. The Kier molecular flexibility index (Phi) is 4.02. The van der Waals surface area contributed by atoms with Crippen molar-refractivity contribution in [2.24, 2.45) is 0 Å². The van der Waals surface area contributed by atoms with E-state index < -0.39 is 0 Å². The SMILES string of the molecule is CCOc1ccccc1NC(=O)Cn1cccc1. The highest BCUT2D eigenvalue weighted by atomic mass is 16.5. The molecule has 0 spiro atoms. The van der Waals surface area contributed by atoms with Gasteiger partial charge in [0.1, 0.15) is 12.3 Å². The Morgan fingerprint density at radius 1 is 1.22 bits per heavy atom. The van der Waals surface area contributed by atoms with Crippen LogP contribution < -0.4 is 10.1 Å². The molecule has 0 aliphatic rings. The van der Waals surface area contributed by atoms with Crippen molar-refractivity contribution in [2.75, 3.05) is 11.9 Å². The number of rotatable bonds is 5. The van der Waals surface area contributed by atoms with E-state index in [4.69, 9.17) is 4.74 Å². The van der Waals surface area contributed by atoms with E-state index in [-0.39, 0.29) is 5.91 Å². The summed E-state index contributed by atoms with van der Waals surface area (Å²) in [7, 11) is 0. The van der Waals surface area contributed by atoms with Gasteiger partial charge in [-0.2, -0.15) is 0 Å². The van der Waals surface area contributed by atoms with Gasteiger partial charge in [-0.25, -0.2) is 0 Å². The summed E-state index contributed by atoms with van der Waals surface area (Å²) in [6, 6.07) is 11.2. The molecule has 0 aliphatic heterocycles. The van der Waals surface area contributed by atoms with Gasteiger partial charge in [0.05, 0.1) is 12.3 Å². The van der Waals surface area contributed by atoms with Gasteiger partial charge in [0.25, 0.3) is 0 Å². The standard InChI is InChI=1S/C14H16N2O2/c1-2-18-13-8-4-3-7-12(13)15-14(17)11-16-9-5-6-10-16/h3-10H,2,11H2,1H3,(H,15,17). The molecule has 2 aromatic rings. The lowest BCUT2D eigenvalue weighted by atomic mass is 10.3. The summed E-state index contributed by atoms with van der Waals surface area (Å²) in [4.78, 5) is 11.8. The van der Waals surface area contributed by atoms with Crippen molar-refractivity contribution in [3.8, 4) is 5.75 Å². The molecule has 18 heavy (non-hydrogen) atoms. The number of hydrogen-bond acceptors (Lipinski definition) is 2. The predicted octanol–water partition coefficient (Wildman–Crippen LogP) is 2.53. The molecule has 1 aromatic heterocycles. The number of hydrogen-bond donors (Lipinski definition) is 1. The summed E-state index contributed by atoms with van der Waals surface area (Å²) >= 11 is 0. The monoisotopic (exact) mass is 244 g/mol. The Balaban J connectivity index is 2.02. The molecule has 0 unspecified atom stereocenters. The second-order valence-corrected chi connectivity index (χ2v) is 3.83. The average Bonchev–Trinajstić information content (AvgIpc) is 2.84. The molecule has 94 valence electrons. The minimum absolute atomic E-state index is 0.0710. The Labute approximate surface area is 106 Å². The van der Waals surface area contributed by atoms with Crippen LogP contribution in [0.3, 0.4) is 0 Å². The number of anilines is 1. The van der Waals surface area contributed by atoms with Gasteiger partial charge in [0.15, 0.2) is 0 Å². The van der Waals surface area contributed by atoms with Crippen molar-refractivity contribution in [1.29, 1.82) is 0 Å². The number of amides is 1. The van der Waals surface area contributed by atoms with Crippen LogP contribution in [0.4, 0.5) is 5.69 Å². The fraction of sp³-hybridized carbons (Fsp3) is 0.214. The maximum absolute atomic E-state index is 11.8. The number of nitrogens with one attached hydrogen (secondary N) is 1. The second kappa shape index (κ2) is 5.91. The summed E-state index contributed by atoms with van der Waals surface area (Å²) < 4.78 is 7.27. The first-order chi connectivity index (χ1) is 8.79. The van der Waals surface area contributed by atoms with Crippen molar-refractivity contribution in [2.45, 2.75) is 13.5 Å². The highest BCUT2D eigenvalue weighted by Crippen LogP contribution is 2.23. The molecule has 1 heterocycles. The average molecular weight is 244 g/mol. The van der Waals surface area contributed by atoms with Gasteiger partial charge in [-0.15, -0.1) is 0 Å². The molecule has 4 heteroatoms. The van der Waals surface area contributed by atoms with Crippen LogP contribution >= 0.6 is 0 Å². The molecule has 0 atom stereocenters. The topological polar surface area (TPSA) is 43.3 Å². The smallest absolute Gasteiger partial charge is 0.244 e. The van der Waals surface area contributed by atoms with Gasteiger partial charge < -0.3 is 14.6 Å². The predicted molar refractivity (Wildman–Crippen MR) is 70.7 cm³/mol. The fourth-order valence-corrected chi connectivity index (χ4v) is 1.68. The first-order valence-corrected chi connectivity index (χ1v) is 5.92. The highest BCUT2D eigenvalue weighted by molar-refractivity contribution is 5.92. The van der Waals surface area contributed by atoms with Crippen LogP contribution in [0.5, 0.6) is 5.75 Å². The molecule has 1 amide bonds. The Morgan fingerprint density at radius 2 is 1.94 bits per heavy atom. The Morgan fingerprint density at radius 3 is 2.67 bits per heavy atom. The molecule has 0 bridgehead atoms. The van der Waals surface area contributed by atoms with Gasteiger partial charge in [0.2, 0.25) is 5.91 Å². The summed E-state index contributed by atoms with van der Waals surface area (Å²) in [5.74, 6) is 0.624. The van der Waals surface area contributed by atoms with E-state index in [2.05, 4.69) is 5.32 Å². The van der Waals surface area contributed by atoms with Crippen molar-refractivity contribution >= 4 is 11.6 Å². The fourth-order valence-electron chi connectivity index (χ4n) is 1.68. The summed E-state index contributed by atoms with van der Waals surface area (Å²) in [6.07, 6.45) is 3.71. The van der Waals surface area contributed by atoms with E-state index in [9.17, 15) is 4.79 Å². The van der Waals surface area contributed by atoms with Gasteiger partial charge in [-0.1, -0.05) is 12.1 Å². The van der Waals surface area contributed by atoms with E-state index in [0.717, 1.165) is 0 Å². The van der Waals surface area contributed by atoms with Crippen molar-refractivity contribution in [3.05, 3.63) is 48.8 Å². The minimum atomic E-state index is -0.0710. The molecule has 1 N–H and O–H groups in total. The number of ether oxygens (including phenoxy) is 1. The number of benzene rings is 1. The first kappa shape index (κ1) is 12.2. The van der Waals surface area contributed by atoms with E-state index in [1.807, 2.05) is 60.3 Å². The molecule has 0 saturated carbocycles. The van der Waals surface area contributed by atoms with Crippen LogP contribution in [0.1, 0.15) is 6.92 Å². The van der Waals surface area contributed by atoms with Crippen LogP contribution in [-0.4, -0.2) is 17.1 Å². The van der Waals surface area contributed by atoms with Gasteiger partial charge in [0, 0.05) is 12.4 Å². The molecular formula is C14H16N2O2. The van der Waals surface area contributed by atoms with Crippen LogP contribution in [0.2, 0.25) is 0 Å². The normalized spacial score (nSPS) is 10.1. The molecule has 0 saturated heterocycles. The van der Waals surface area contributed by atoms with E-state index in [1.54, 1.807) is 0 Å². The summed E-state index contributed by atoms with van der Waals surface area (Å²) in [6.45, 7) is 2.79. The maximum Gasteiger partial charge on any atom is 0.244 e. The van der Waals surface area contributed by atoms with E-state index >= 15 is 0 Å². The minimum Gasteiger partial charge on any atom is -0.492 e. The van der Waals surface area contributed by atoms with E-state index in [1.165, 1.54) is 0 Å². The number of nitrogens with zero attached hydrogens (tertiary/aromatic N) is 1. The molecular weight excluding hydrogens is 228 g/mol. The van der Waals surface area contributed by atoms with Crippen LogP contribution in [-0.2, 0) is 11.3 Å². The van der Waals surface area contributed by atoms with Crippen LogP contribution in [0.25, 0.3) is 0 Å². The summed E-state index contributed by atoms with van der Waals surface area (Å²) in [5, 5.41) is 2.85. The Hall–Kier alpha value is -2.23. The van der Waals surface area contributed by atoms with Crippen LogP contribution in [0, 0.1) is 0 Å². The number of carbonyl (C=O) groups excluding carboxylic acids is 1. The second-order valence-electron chi connectivity index (χ2n) is 3.83. The van der Waals surface area contributed by atoms with E-state index in [0.29, 0.717) is 24.6 Å². The molecule has 2 rings (SSSR count). The van der Waals surface area contributed by atoms with Crippen molar-refractivity contribution in [1.82, 2.24) is 4.57 Å². The van der Waals surface area contributed by atoms with Crippen LogP contribution in [0.15, 0.2) is 48.8 Å². The first-order valence-electron chi connectivity index (χ1n) is 5.92. The Bertz CT molecular complexity index is 506. The number of carbonyl (C=O) groups is 1. The third kappa shape index (κ3) is 3.13. The molecule has 0 radical (unpaired) electrons. The van der Waals surface area contributed by atoms with Gasteiger partial charge >= 0.3 is 0 Å². The molecule has 1 aromatic carbocycles. The number of para-hydroxylation sites is 2. The lowest BCUT2D eigenvalue weighted by molar-refractivity contribution is -0.116. The van der Waals surface area contributed by atoms with Crippen molar-refractivity contribution in [3.63, 3.8) is 0 Å². The zero-order valence-electron chi connectivity index (χ0n) is 10.3. The number of aromatic nitrogens is 1. The van der Waals surface area contributed by atoms with Gasteiger partial charge in [-0.05, 0) is 31.2 Å². The third-order valence-corrected chi connectivity index (χ3v) is 2.45. The molecule has 0 aliphatic carbocycles. The maximum atomic E-state index is 11.8.